The van der Waals surface area contributed by atoms with Crippen molar-refractivity contribution >= 4 is 58.1 Å². The van der Waals surface area contributed by atoms with E-state index in [9.17, 15) is 23.6 Å². The molecule has 2 heterocycles. The van der Waals surface area contributed by atoms with Crippen LogP contribution in [-0.4, -0.2) is 55.5 Å². The monoisotopic (exact) mass is 394 g/mol. The van der Waals surface area contributed by atoms with Gasteiger partial charge < -0.3 is 5.11 Å². The molecule has 26 heavy (non-hydrogen) atoms. The number of likely N-dealkylation sites (tertiary alicyclic amines) is 1. The summed E-state index contributed by atoms with van der Waals surface area (Å²) in [5, 5.41) is 8.80. The van der Waals surface area contributed by atoms with Gasteiger partial charge in [0, 0.05) is 0 Å². The fraction of sp³-hybridized carbons (Fsp3) is 0.188. The van der Waals surface area contributed by atoms with Crippen molar-refractivity contribution in [2.75, 3.05) is 6.54 Å². The average Bonchev–Trinajstić information content (AvgIpc) is 2.99. The highest BCUT2D eigenvalue weighted by Gasteiger charge is 2.48. The fourth-order valence-electron chi connectivity index (χ4n) is 2.63. The molecule has 134 valence electrons. The van der Waals surface area contributed by atoms with Gasteiger partial charge in [-0.2, -0.15) is 0 Å². The van der Waals surface area contributed by atoms with Crippen LogP contribution in [-0.2, 0) is 19.2 Å². The van der Waals surface area contributed by atoms with E-state index in [0.29, 0.717) is 10.5 Å². The molecule has 0 aliphatic carbocycles. The molecule has 1 aromatic carbocycles. The number of hydrogen-bond acceptors (Lipinski definition) is 6. The number of nitrogens with zero attached hydrogens (tertiary/aromatic N) is 2. The molecule has 1 N–H and O–H groups in total. The molecule has 2 aliphatic rings. The molecule has 0 aromatic heterocycles. The van der Waals surface area contributed by atoms with E-state index >= 15 is 0 Å². The summed E-state index contributed by atoms with van der Waals surface area (Å²) < 4.78 is 13.1. The lowest BCUT2D eigenvalue weighted by atomic mass is 10.2. The largest absolute Gasteiger partial charge is 0.480 e. The number of halogens is 1. The number of carboxylic acid groups (broad SMARTS) is 1. The highest BCUT2D eigenvalue weighted by Crippen LogP contribution is 2.36. The van der Waals surface area contributed by atoms with Crippen molar-refractivity contribution in [2.45, 2.75) is 12.5 Å². The van der Waals surface area contributed by atoms with Crippen LogP contribution in [0.4, 0.5) is 4.39 Å². The Labute approximate surface area is 156 Å². The zero-order valence-corrected chi connectivity index (χ0v) is 14.7. The molecular formula is C16H11FN2O5S2. The molecule has 0 radical (unpaired) electrons. The summed E-state index contributed by atoms with van der Waals surface area (Å²) in [7, 11) is 0. The number of rotatable bonds is 4. The predicted octanol–water partition coefficient (Wildman–Crippen LogP) is 1.24. The number of carboxylic acids is 1. The lowest BCUT2D eigenvalue weighted by Gasteiger charge is -2.20. The molecule has 7 nitrogen and oxygen atoms in total. The zero-order valence-electron chi connectivity index (χ0n) is 13.0. The first-order valence-electron chi connectivity index (χ1n) is 7.36. The number of carbonyl (C=O) groups is 4. The quantitative estimate of drug-likeness (QED) is 0.466. The van der Waals surface area contributed by atoms with Crippen LogP contribution in [0.5, 0.6) is 0 Å². The van der Waals surface area contributed by atoms with Crippen LogP contribution in [0.3, 0.4) is 0 Å². The Morgan fingerprint density at radius 1 is 1.31 bits per heavy atom. The first-order chi connectivity index (χ1) is 12.3. The third-order valence-electron chi connectivity index (χ3n) is 3.82. The van der Waals surface area contributed by atoms with Gasteiger partial charge in [-0.25, -0.2) is 4.39 Å². The van der Waals surface area contributed by atoms with Gasteiger partial charge in [-0.15, -0.1) is 0 Å². The number of benzene rings is 1. The van der Waals surface area contributed by atoms with Crippen molar-refractivity contribution in [3.8, 4) is 0 Å². The van der Waals surface area contributed by atoms with Gasteiger partial charge >= 0.3 is 5.97 Å². The van der Waals surface area contributed by atoms with E-state index in [1.807, 2.05) is 0 Å². The van der Waals surface area contributed by atoms with Gasteiger partial charge in [0.15, 0.2) is 0 Å². The summed E-state index contributed by atoms with van der Waals surface area (Å²) in [4.78, 5) is 49.6. The van der Waals surface area contributed by atoms with Crippen molar-refractivity contribution in [1.29, 1.82) is 0 Å². The number of imide groups is 1. The van der Waals surface area contributed by atoms with Crippen molar-refractivity contribution in [3.63, 3.8) is 0 Å². The van der Waals surface area contributed by atoms with Crippen molar-refractivity contribution in [2.24, 2.45) is 0 Å². The molecule has 3 amide bonds. The maximum Gasteiger partial charge on any atom is 0.323 e. The minimum atomic E-state index is -1.33. The number of thiocarbonyl (C=S) groups is 1. The summed E-state index contributed by atoms with van der Waals surface area (Å²) >= 11 is 6.12. The Bertz CT molecular complexity index is 868. The van der Waals surface area contributed by atoms with Gasteiger partial charge in [-0.05, 0) is 23.8 Å². The van der Waals surface area contributed by atoms with Crippen LogP contribution in [0.15, 0.2) is 29.2 Å². The number of amides is 3. The SMILES string of the molecule is O=C(O)CN1C(=O)C[C@@H](N2C(=O)/C(=C\c3ccc(F)cc3)SC2=S)C1=O. The lowest BCUT2D eigenvalue weighted by Crippen LogP contribution is -2.45. The fourth-order valence-corrected chi connectivity index (χ4v) is 3.98. The maximum absolute atomic E-state index is 13.0. The normalized spacial score (nSPS) is 22.0. The molecule has 1 atom stereocenters. The second-order valence-electron chi connectivity index (χ2n) is 5.54. The molecule has 0 unspecified atom stereocenters. The smallest absolute Gasteiger partial charge is 0.323 e. The Kier molecular flexibility index (Phi) is 4.88. The number of hydrogen-bond donors (Lipinski definition) is 1. The number of thioether (sulfide) groups is 1. The highest BCUT2D eigenvalue weighted by atomic mass is 32.2. The summed E-state index contributed by atoms with van der Waals surface area (Å²) in [6, 6.07) is 4.32. The van der Waals surface area contributed by atoms with E-state index in [2.05, 4.69) is 0 Å². The molecule has 0 saturated carbocycles. The number of aliphatic carboxylic acids is 1. The van der Waals surface area contributed by atoms with Gasteiger partial charge in [0.05, 0.1) is 11.3 Å². The van der Waals surface area contributed by atoms with E-state index in [-0.39, 0.29) is 15.6 Å². The summed E-state index contributed by atoms with van der Waals surface area (Å²) in [6.07, 6.45) is 1.19. The Morgan fingerprint density at radius 2 is 1.96 bits per heavy atom. The van der Waals surface area contributed by atoms with E-state index in [1.54, 1.807) is 0 Å². The highest BCUT2D eigenvalue weighted by molar-refractivity contribution is 8.26. The first-order valence-corrected chi connectivity index (χ1v) is 8.59. The molecule has 10 heteroatoms. The van der Waals surface area contributed by atoms with Crippen LogP contribution in [0.1, 0.15) is 12.0 Å². The predicted molar refractivity (Wildman–Crippen MR) is 94.2 cm³/mol. The van der Waals surface area contributed by atoms with Crippen molar-refractivity contribution in [1.82, 2.24) is 9.80 Å². The minimum Gasteiger partial charge on any atom is -0.480 e. The molecular weight excluding hydrogens is 383 g/mol. The average molecular weight is 394 g/mol. The van der Waals surface area contributed by atoms with E-state index in [1.165, 1.54) is 30.3 Å². The topological polar surface area (TPSA) is 95.0 Å². The van der Waals surface area contributed by atoms with Crippen molar-refractivity contribution in [3.05, 3.63) is 40.6 Å². The van der Waals surface area contributed by atoms with Crippen LogP contribution in [0.2, 0.25) is 0 Å². The lowest BCUT2D eigenvalue weighted by molar-refractivity contribution is -0.149. The maximum atomic E-state index is 13.0. The molecule has 0 bridgehead atoms. The standard InChI is InChI=1S/C16H11FN2O5S2/c17-9-3-1-8(2-4-9)5-11-15(24)19(16(25)26-11)10-6-12(20)18(14(10)23)7-13(21)22/h1-5,10H,6-7H2,(H,21,22)/b11-5+/t10-/m1/s1. The van der Waals surface area contributed by atoms with Crippen LogP contribution in [0, 0.1) is 5.82 Å². The summed E-state index contributed by atoms with van der Waals surface area (Å²) in [5.41, 5.74) is 0.577. The van der Waals surface area contributed by atoms with Gasteiger partial charge in [-0.1, -0.05) is 36.1 Å². The Balaban J connectivity index is 1.83. The zero-order chi connectivity index (χ0) is 19.0. The third-order valence-corrected chi connectivity index (χ3v) is 5.15. The first kappa shape index (κ1) is 18.2. The molecule has 3 rings (SSSR count). The van der Waals surface area contributed by atoms with Crippen LogP contribution < -0.4 is 0 Å². The van der Waals surface area contributed by atoms with Crippen LogP contribution in [0.25, 0.3) is 6.08 Å². The second-order valence-corrected chi connectivity index (χ2v) is 7.21. The van der Waals surface area contributed by atoms with E-state index < -0.39 is 42.1 Å². The molecule has 1 aromatic rings. The molecule has 2 aliphatic heterocycles. The van der Waals surface area contributed by atoms with Gasteiger partial charge in [0.2, 0.25) is 5.91 Å². The third kappa shape index (κ3) is 3.37. The molecule has 2 fully saturated rings. The van der Waals surface area contributed by atoms with Gasteiger partial charge in [-0.3, -0.25) is 29.0 Å². The van der Waals surface area contributed by atoms with Crippen molar-refractivity contribution < 1.29 is 28.7 Å². The summed E-state index contributed by atoms with van der Waals surface area (Å²) in [5.74, 6) is -3.72. The number of carbonyl (C=O) groups excluding carboxylic acids is 3. The van der Waals surface area contributed by atoms with E-state index in [4.69, 9.17) is 17.3 Å². The minimum absolute atomic E-state index is 0.103. The second kappa shape index (κ2) is 6.96. The Hall–Kier alpha value is -2.59. The van der Waals surface area contributed by atoms with Crippen LogP contribution >= 0.6 is 24.0 Å². The van der Waals surface area contributed by atoms with Gasteiger partial charge in [0.1, 0.15) is 22.7 Å². The Morgan fingerprint density at radius 3 is 2.58 bits per heavy atom. The summed E-state index contributed by atoms with van der Waals surface area (Å²) in [6.45, 7) is -0.756. The molecule has 0 spiro atoms. The molecule has 2 saturated heterocycles. The van der Waals surface area contributed by atoms with Gasteiger partial charge in [0.25, 0.3) is 11.8 Å². The van der Waals surface area contributed by atoms with E-state index in [0.717, 1.165) is 16.7 Å².